The van der Waals surface area contributed by atoms with E-state index in [0.717, 1.165) is 43.6 Å². The highest BCUT2D eigenvalue weighted by molar-refractivity contribution is 5.93. The Hall–Kier alpha value is -5.34. The number of halogens is 2. The second kappa shape index (κ2) is 13.9. The van der Waals surface area contributed by atoms with Gasteiger partial charge in [0.25, 0.3) is 0 Å². The molecule has 0 atom stereocenters. The fraction of sp³-hybridized carbons (Fsp3) is 0.333. The van der Waals surface area contributed by atoms with Gasteiger partial charge in [-0.2, -0.15) is 9.78 Å². The Morgan fingerprint density at radius 2 is 1.48 bits per heavy atom. The van der Waals surface area contributed by atoms with Crippen LogP contribution < -0.4 is 20.9 Å². The minimum atomic E-state index is -1.35. The molecule has 1 N–H and O–H groups in total. The number of hydrogen-bond donors (Lipinski definition) is 1. The van der Waals surface area contributed by atoms with Crippen molar-refractivity contribution in [3.8, 4) is 5.69 Å². The predicted molar refractivity (Wildman–Crippen MR) is 186 cm³/mol. The van der Waals surface area contributed by atoms with Gasteiger partial charge in [0.2, 0.25) is 5.43 Å². The van der Waals surface area contributed by atoms with E-state index in [0.29, 0.717) is 56.3 Å². The third kappa shape index (κ3) is 6.51. The molecule has 50 heavy (non-hydrogen) atoms. The van der Waals surface area contributed by atoms with Crippen LogP contribution in [0.4, 0.5) is 20.2 Å². The number of aryl methyl sites for hydroxylation is 1. The average molecular weight is 685 g/mol. The number of nitrogens with zero attached hydrogens (tertiary/aromatic N) is 8. The molecule has 3 aromatic carbocycles. The summed E-state index contributed by atoms with van der Waals surface area (Å²) in [6, 6.07) is 18.7. The van der Waals surface area contributed by atoms with Gasteiger partial charge in [0.1, 0.15) is 17.2 Å². The summed E-state index contributed by atoms with van der Waals surface area (Å²) in [6.07, 6.45) is 1.31. The number of carboxylic acid groups (broad SMARTS) is 1. The molecule has 7 rings (SSSR count). The van der Waals surface area contributed by atoms with E-state index in [9.17, 15) is 23.9 Å². The summed E-state index contributed by atoms with van der Waals surface area (Å²) in [5, 5.41) is 14.3. The number of carboxylic acids is 1. The monoisotopic (exact) mass is 684 g/mol. The number of rotatable bonds is 9. The van der Waals surface area contributed by atoms with Crippen molar-refractivity contribution in [3.63, 3.8) is 0 Å². The lowest BCUT2D eigenvalue weighted by Crippen LogP contribution is -2.48. The van der Waals surface area contributed by atoms with Crippen molar-refractivity contribution in [1.82, 2.24) is 28.7 Å². The molecule has 260 valence electrons. The number of anilines is 2. The third-order valence-corrected chi connectivity index (χ3v) is 9.62. The first-order chi connectivity index (χ1) is 24.2. The first-order valence-corrected chi connectivity index (χ1v) is 16.7. The molecule has 14 heteroatoms. The van der Waals surface area contributed by atoms with Gasteiger partial charge in [-0.3, -0.25) is 14.6 Å². The molecule has 2 aromatic heterocycles. The molecular weight excluding hydrogens is 646 g/mol. The fourth-order valence-corrected chi connectivity index (χ4v) is 6.88. The normalized spacial score (nSPS) is 16.0. The van der Waals surface area contributed by atoms with E-state index in [2.05, 4.69) is 14.7 Å². The quantitative estimate of drug-likeness (QED) is 0.250. The number of piperazine rings is 2. The Bertz CT molecular complexity index is 2130. The number of aromatic nitrogens is 4. The smallest absolute Gasteiger partial charge is 0.351 e. The summed E-state index contributed by atoms with van der Waals surface area (Å²) in [5.74, 6) is -1.55. The van der Waals surface area contributed by atoms with Crippen LogP contribution in [0.1, 0.15) is 23.1 Å². The highest BCUT2D eigenvalue weighted by atomic mass is 19.1. The number of benzene rings is 3. The zero-order chi connectivity index (χ0) is 34.9. The summed E-state index contributed by atoms with van der Waals surface area (Å²) < 4.78 is 33.7. The van der Waals surface area contributed by atoms with E-state index in [1.807, 2.05) is 42.2 Å². The zero-order valence-corrected chi connectivity index (χ0v) is 27.7. The van der Waals surface area contributed by atoms with Crippen molar-refractivity contribution < 1.29 is 18.7 Å². The maximum absolute atomic E-state index is 15.4. The van der Waals surface area contributed by atoms with E-state index >= 15 is 4.39 Å². The second-order valence-corrected chi connectivity index (χ2v) is 12.6. The molecule has 0 bridgehead atoms. The Morgan fingerprint density at radius 1 is 0.820 bits per heavy atom. The maximum Gasteiger partial charge on any atom is 0.351 e. The third-order valence-electron chi connectivity index (χ3n) is 9.62. The van der Waals surface area contributed by atoms with Gasteiger partial charge in [-0.25, -0.2) is 22.9 Å². The number of fused-ring (bicyclic) bond motifs is 1. The van der Waals surface area contributed by atoms with Crippen LogP contribution in [0.5, 0.6) is 0 Å². The fourth-order valence-electron chi connectivity index (χ4n) is 6.88. The lowest BCUT2D eigenvalue weighted by molar-refractivity contribution is 0.0694. The molecule has 2 saturated heterocycles. The van der Waals surface area contributed by atoms with Gasteiger partial charge in [0.15, 0.2) is 5.82 Å². The topological polar surface area (TPSA) is 112 Å². The van der Waals surface area contributed by atoms with Crippen molar-refractivity contribution >= 4 is 28.2 Å². The average Bonchev–Trinajstić information content (AvgIpc) is 3.43. The molecule has 2 aliphatic heterocycles. The molecule has 0 unspecified atom stereocenters. The van der Waals surface area contributed by atoms with Crippen LogP contribution >= 0.6 is 0 Å². The molecule has 2 fully saturated rings. The van der Waals surface area contributed by atoms with Crippen LogP contribution in [-0.4, -0.2) is 92.1 Å². The van der Waals surface area contributed by atoms with Crippen LogP contribution in [0.25, 0.3) is 16.6 Å². The van der Waals surface area contributed by atoms with Crippen LogP contribution in [-0.2, 0) is 19.8 Å². The lowest BCUT2D eigenvalue weighted by atomic mass is 10.1. The van der Waals surface area contributed by atoms with Gasteiger partial charge < -0.3 is 19.5 Å². The van der Waals surface area contributed by atoms with E-state index in [1.165, 1.54) is 23.0 Å². The van der Waals surface area contributed by atoms with Gasteiger partial charge in [0, 0.05) is 76.2 Å². The van der Waals surface area contributed by atoms with Gasteiger partial charge >= 0.3 is 11.7 Å². The van der Waals surface area contributed by atoms with Gasteiger partial charge in [-0.15, -0.1) is 0 Å². The summed E-state index contributed by atoms with van der Waals surface area (Å²) >= 11 is 0. The van der Waals surface area contributed by atoms with E-state index in [4.69, 9.17) is 5.10 Å². The highest BCUT2D eigenvalue weighted by Crippen LogP contribution is 2.27. The summed E-state index contributed by atoms with van der Waals surface area (Å²) in [6.45, 7) is 8.10. The molecule has 2 aliphatic rings. The van der Waals surface area contributed by atoms with Gasteiger partial charge in [-0.1, -0.05) is 18.2 Å². The molecular formula is C36H38F2N8O4. The minimum Gasteiger partial charge on any atom is -0.477 e. The van der Waals surface area contributed by atoms with E-state index < -0.39 is 22.8 Å². The van der Waals surface area contributed by atoms with Crippen molar-refractivity contribution in [2.24, 2.45) is 0 Å². The maximum atomic E-state index is 15.4. The van der Waals surface area contributed by atoms with Crippen LogP contribution in [0.2, 0.25) is 0 Å². The summed E-state index contributed by atoms with van der Waals surface area (Å²) in [7, 11) is 0. The van der Waals surface area contributed by atoms with E-state index in [1.54, 1.807) is 27.3 Å². The Labute approximate surface area is 286 Å². The van der Waals surface area contributed by atoms with Crippen molar-refractivity contribution in [3.05, 3.63) is 117 Å². The molecule has 0 spiro atoms. The number of pyridine rings is 1. The second-order valence-electron chi connectivity index (χ2n) is 12.6. The minimum absolute atomic E-state index is 0.0329. The van der Waals surface area contributed by atoms with Crippen molar-refractivity contribution in [1.29, 1.82) is 0 Å². The Morgan fingerprint density at radius 3 is 2.14 bits per heavy atom. The molecule has 4 heterocycles. The molecule has 0 aliphatic carbocycles. The SMILES string of the molecule is CCn1cc(C(=O)O)c(=O)c2cc(F)c(N3CCN(Cn4nc(CN5CCN(c6ccc(F)cc6)CC5)n(-c5ccccc5)c4=O)CC3)cc21. The molecule has 5 aromatic rings. The number of hydrogen-bond acceptors (Lipinski definition) is 8. The van der Waals surface area contributed by atoms with Crippen molar-refractivity contribution in [2.75, 3.05) is 62.2 Å². The zero-order valence-electron chi connectivity index (χ0n) is 27.7. The lowest BCUT2D eigenvalue weighted by Gasteiger charge is -2.36. The molecule has 12 nitrogen and oxygen atoms in total. The number of para-hydroxylation sites is 1. The van der Waals surface area contributed by atoms with Crippen LogP contribution in [0.15, 0.2) is 82.5 Å². The molecule has 0 saturated carbocycles. The summed E-state index contributed by atoms with van der Waals surface area (Å²) in [5.41, 5.74) is 1.20. The van der Waals surface area contributed by atoms with Crippen LogP contribution in [0.3, 0.4) is 0 Å². The summed E-state index contributed by atoms with van der Waals surface area (Å²) in [4.78, 5) is 46.7. The highest BCUT2D eigenvalue weighted by Gasteiger charge is 2.26. The van der Waals surface area contributed by atoms with Gasteiger partial charge in [-0.05, 0) is 55.5 Å². The van der Waals surface area contributed by atoms with E-state index in [-0.39, 0.29) is 23.6 Å². The standard InChI is InChI=1S/C36H38F2N8O4/c1-2-42-22-29(35(48)49)34(47)28-20-30(38)32(21-31(28)42)44-18-14-41(15-19-44)24-45-36(50)46(27-6-4-3-5-7-27)33(39-45)23-40-12-16-43(17-13-40)26-10-8-25(37)9-11-26/h3-11,20-22H,2,12-19,23-24H2,1H3,(H,48,49). The number of aromatic carboxylic acids is 1. The Kier molecular flexibility index (Phi) is 9.21. The van der Waals surface area contributed by atoms with Crippen molar-refractivity contribution in [2.45, 2.75) is 26.7 Å². The molecule has 0 radical (unpaired) electrons. The largest absolute Gasteiger partial charge is 0.477 e. The number of carbonyl (C=O) groups is 1. The molecule has 0 amide bonds. The first kappa shape index (κ1) is 33.2. The predicted octanol–water partition coefficient (Wildman–Crippen LogP) is 3.45. The Balaban J connectivity index is 1.06. The first-order valence-electron chi connectivity index (χ1n) is 16.7. The van der Waals surface area contributed by atoms with Crippen LogP contribution in [0, 0.1) is 11.6 Å². The van der Waals surface area contributed by atoms with Gasteiger partial charge in [0.05, 0.1) is 30.1 Å².